The number of hydrogen-bond acceptors (Lipinski definition) is 7. The maximum atomic E-state index is 5.99. The summed E-state index contributed by atoms with van der Waals surface area (Å²) in [6.45, 7) is 2.09. The highest BCUT2D eigenvalue weighted by Crippen LogP contribution is 2.29. The van der Waals surface area contributed by atoms with Gasteiger partial charge in [0, 0.05) is 33.3 Å². The van der Waals surface area contributed by atoms with E-state index in [0.717, 1.165) is 45.7 Å². The molecule has 0 bridgehead atoms. The number of nitrogens with zero attached hydrogens (tertiary/aromatic N) is 5. The van der Waals surface area contributed by atoms with E-state index in [1.807, 2.05) is 48.8 Å². The summed E-state index contributed by atoms with van der Waals surface area (Å²) in [5.41, 5.74) is 9.43. The van der Waals surface area contributed by atoms with Crippen LogP contribution < -0.4 is 15.4 Å². The smallest absolute Gasteiger partial charge is 0.191 e. The predicted octanol–water partition coefficient (Wildman–Crippen LogP) is 2.87. The second kappa shape index (κ2) is 7.41. The zero-order valence-electron chi connectivity index (χ0n) is 15.8. The van der Waals surface area contributed by atoms with Crippen LogP contribution in [0.3, 0.4) is 0 Å². The Kier molecular flexibility index (Phi) is 5.22. The van der Waals surface area contributed by atoms with Crippen LogP contribution in [0.1, 0.15) is 18.3 Å². The highest BCUT2D eigenvalue weighted by Gasteiger charge is 2.17. The minimum absolute atomic E-state index is 0.634. The first-order valence-corrected chi connectivity index (χ1v) is 9.39. The standard InChI is InChI=1S/C18H24N6OS/c1-6-14-20-15-16(23(2)3)21-18(22-17(15)24(14)4)26-10-11-7-8-13(25-5)12(19)9-11/h7-9H,6,10,19H2,1-5H3. The van der Waals surface area contributed by atoms with Crippen molar-refractivity contribution in [3.05, 3.63) is 29.6 Å². The summed E-state index contributed by atoms with van der Waals surface area (Å²) in [7, 11) is 7.56. The Morgan fingerprint density at radius 1 is 1.23 bits per heavy atom. The number of thioether (sulfide) groups is 1. The van der Waals surface area contributed by atoms with E-state index in [2.05, 4.69) is 6.92 Å². The van der Waals surface area contributed by atoms with Crippen LogP contribution >= 0.6 is 11.8 Å². The number of fused-ring (bicyclic) bond motifs is 1. The number of nitrogens with two attached hydrogens (primary N) is 1. The quantitative estimate of drug-likeness (QED) is 0.405. The summed E-state index contributed by atoms with van der Waals surface area (Å²) < 4.78 is 7.25. The van der Waals surface area contributed by atoms with Gasteiger partial charge in [-0.05, 0) is 17.7 Å². The summed E-state index contributed by atoms with van der Waals surface area (Å²) in [6.07, 6.45) is 0.854. The normalized spacial score (nSPS) is 11.1. The number of benzene rings is 1. The van der Waals surface area contributed by atoms with E-state index in [-0.39, 0.29) is 0 Å². The maximum Gasteiger partial charge on any atom is 0.191 e. The molecule has 1 aromatic carbocycles. The Labute approximate surface area is 157 Å². The van der Waals surface area contributed by atoms with Crippen molar-refractivity contribution in [3.63, 3.8) is 0 Å². The fourth-order valence-electron chi connectivity index (χ4n) is 2.79. The van der Waals surface area contributed by atoms with Gasteiger partial charge in [-0.3, -0.25) is 0 Å². The van der Waals surface area contributed by atoms with Crippen LogP contribution in [-0.4, -0.2) is 40.7 Å². The van der Waals surface area contributed by atoms with Gasteiger partial charge in [0.25, 0.3) is 0 Å². The van der Waals surface area contributed by atoms with E-state index in [4.69, 9.17) is 25.4 Å². The Balaban J connectivity index is 1.92. The number of methoxy groups -OCH3 is 1. The summed E-state index contributed by atoms with van der Waals surface area (Å²) in [5.74, 6) is 3.25. The molecule has 138 valence electrons. The third kappa shape index (κ3) is 3.41. The van der Waals surface area contributed by atoms with Gasteiger partial charge in [0.05, 0.1) is 12.8 Å². The molecule has 2 aromatic heterocycles. The van der Waals surface area contributed by atoms with Gasteiger partial charge in [0.2, 0.25) is 0 Å². The second-order valence-corrected chi connectivity index (χ2v) is 7.14. The number of aryl methyl sites for hydroxylation is 2. The first kappa shape index (κ1) is 18.3. The minimum atomic E-state index is 0.634. The molecule has 2 N–H and O–H groups in total. The molecule has 3 rings (SSSR count). The molecule has 0 aliphatic heterocycles. The van der Waals surface area contributed by atoms with E-state index in [1.54, 1.807) is 18.9 Å². The molecule has 0 spiro atoms. The zero-order valence-corrected chi connectivity index (χ0v) is 16.6. The fraction of sp³-hybridized carbons (Fsp3) is 0.389. The summed E-state index contributed by atoms with van der Waals surface area (Å²) in [5, 5.41) is 0.723. The molecule has 0 unspecified atom stereocenters. The zero-order chi connectivity index (χ0) is 18.8. The number of imidazole rings is 1. The molecule has 7 nitrogen and oxygen atoms in total. The van der Waals surface area contributed by atoms with Crippen LogP contribution in [0.4, 0.5) is 11.5 Å². The molecule has 0 saturated heterocycles. The molecule has 0 saturated carbocycles. The lowest BCUT2D eigenvalue weighted by molar-refractivity contribution is 0.417. The van der Waals surface area contributed by atoms with Crippen molar-refractivity contribution in [1.82, 2.24) is 19.5 Å². The predicted molar refractivity (Wildman–Crippen MR) is 107 cm³/mol. The van der Waals surface area contributed by atoms with Gasteiger partial charge in [-0.2, -0.15) is 0 Å². The van der Waals surface area contributed by atoms with Crippen molar-refractivity contribution in [3.8, 4) is 5.75 Å². The van der Waals surface area contributed by atoms with E-state index >= 15 is 0 Å². The van der Waals surface area contributed by atoms with Gasteiger partial charge in [-0.1, -0.05) is 24.8 Å². The van der Waals surface area contributed by atoms with Gasteiger partial charge >= 0.3 is 0 Å². The molecule has 0 amide bonds. The Hall–Kier alpha value is -2.48. The molecule has 3 aromatic rings. The second-order valence-electron chi connectivity index (χ2n) is 6.20. The molecular weight excluding hydrogens is 348 g/mol. The van der Waals surface area contributed by atoms with Crippen molar-refractivity contribution in [2.45, 2.75) is 24.3 Å². The molecule has 0 fully saturated rings. The molecule has 0 atom stereocenters. The fourth-order valence-corrected chi connectivity index (χ4v) is 3.56. The number of rotatable bonds is 6. The molecule has 0 radical (unpaired) electrons. The first-order valence-electron chi connectivity index (χ1n) is 8.40. The molecule has 8 heteroatoms. The molecule has 2 heterocycles. The first-order chi connectivity index (χ1) is 12.4. The van der Waals surface area contributed by atoms with Crippen molar-refractivity contribution >= 4 is 34.4 Å². The Morgan fingerprint density at radius 2 is 2.00 bits per heavy atom. The lowest BCUT2D eigenvalue weighted by Gasteiger charge is -2.13. The average molecular weight is 372 g/mol. The number of ether oxygens (including phenoxy) is 1. The summed E-state index contributed by atoms with van der Waals surface area (Å²) >= 11 is 1.58. The van der Waals surface area contributed by atoms with Gasteiger partial charge in [0.15, 0.2) is 22.1 Å². The molecular formula is C18H24N6OS. The average Bonchev–Trinajstić information content (AvgIpc) is 2.95. The van der Waals surface area contributed by atoms with Crippen LogP contribution in [0, 0.1) is 0 Å². The Morgan fingerprint density at radius 3 is 2.62 bits per heavy atom. The monoisotopic (exact) mass is 372 g/mol. The topological polar surface area (TPSA) is 82.1 Å². The third-order valence-corrected chi connectivity index (χ3v) is 5.09. The van der Waals surface area contributed by atoms with Crippen LogP contribution in [0.15, 0.2) is 23.4 Å². The van der Waals surface area contributed by atoms with E-state index in [9.17, 15) is 0 Å². The third-order valence-electron chi connectivity index (χ3n) is 4.17. The SMILES string of the molecule is CCc1nc2c(N(C)C)nc(SCc3ccc(OC)c(N)c3)nc2n1C. The van der Waals surface area contributed by atoms with E-state index < -0.39 is 0 Å². The Bertz CT molecular complexity index is 937. The maximum absolute atomic E-state index is 5.99. The highest BCUT2D eigenvalue weighted by molar-refractivity contribution is 7.98. The lowest BCUT2D eigenvalue weighted by Crippen LogP contribution is -2.12. The van der Waals surface area contributed by atoms with Gasteiger partial charge in [-0.25, -0.2) is 15.0 Å². The number of nitrogen functional groups attached to an aromatic ring is 1. The summed E-state index contributed by atoms with van der Waals surface area (Å²) in [6, 6.07) is 5.82. The van der Waals surface area contributed by atoms with Gasteiger partial charge in [0.1, 0.15) is 11.6 Å². The van der Waals surface area contributed by atoms with Gasteiger partial charge in [-0.15, -0.1) is 0 Å². The van der Waals surface area contributed by atoms with Crippen molar-refractivity contribution < 1.29 is 4.74 Å². The number of hydrogen-bond donors (Lipinski definition) is 1. The highest BCUT2D eigenvalue weighted by atomic mass is 32.2. The summed E-state index contributed by atoms with van der Waals surface area (Å²) in [4.78, 5) is 16.1. The molecule has 0 aliphatic rings. The van der Waals surface area contributed by atoms with Crippen LogP contribution in [0.2, 0.25) is 0 Å². The minimum Gasteiger partial charge on any atom is -0.495 e. The van der Waals surface area contributed by atoms with E-state index in [0.29, 0.717) is 11.4 Å². The van der Waals surface area contributed by atoms with Gasteiger partial charge < -0.3 is 19.9 Å². The largest absolute Gasteiger partial charge is 0.495 e. The van der Waals surface area contributed by atoms with Crippen molar-refractivity contribution in [2.24, 2.45) is 7.05 Å². The van der Waals surface area contributed by atoms with E-state index in [1.165, 1.54) is 0 Å². The van der Waals surface area contributed by atoms with Crippen molar-refractivity contribution in [2.75, 3.05) is 31.8 Å². The van der Waals surface area contributed by atoms with Crippen LogP contribution in [0.25, 0.3) is 11.2 Å². The number of aromatic nitrogens is 4. The van der Waals surface area contributed by atoms with Crippen LogP contribution in [-0.2, 0) is 19.2 Å². The molecule has 0 aliphatic carbocycles. The van der Waals surface area contributed by atoms with Crippen LogP contribution in [0.5, 0.6) is 5.75 Å². The molecule has 26 heavy (non-hydrogen) atoms. The lowest BCUT2D eigenvalue weighted by atomic mass is 10.2. The number of anilines is 2. The van der Waals surface area contributed by atoms with Crippen molar-refractivity contribution in [1.29, 1.82) is 0 Å².